The van der Waals surface area contributed by atoms with E-state index in [0.717, 1.165) is 22.6 Å². The minimum absolute atomic E-state index is 0.865. The predicted molar refractivity (Wildman–Crippen MR) is 65.5 cm³/mol. The lowest BCUT2D eigenvalue weighted by Crippen LogP contribution is -1.90. The Kier molecular flexibility index (Phi) is 4.17. The van der Waals surface area contributed by atoms with Crippen molar-refractivity contribution in [1.82, 2.24) is 0 Å². The van der Waals surface area contributed by atoms with Crippen LogP contribution in [-0.2, 0) is 0 Å². The molecule has 0 fully saturated rings. The lowest BCUT2D eigenvalue weighted by atomic mass is 10.1. The van der Waals surface area contributed by atoms with Gasteiger partial charge in [-0.25, -0.2) is 0 Å². The van der Waals surface area contributed by atoms with Crippen LogP contribution in [0.3, 0.4) is 0 Å². The van der Waals surface area contributed by atoms with Crippen LogP contribution in [0.5, 0.6) is 5.75 Å². The van der Waals surface area contributed by atoms with E-state index in [-0.39, 0.29) is 0 Å². The van der Waals surface area contributed by atoms with Gasteiger partial charge in [0.25, 0.3) is 0 Å². The molecule has 0 aliphatic carbocycles. The summed E-state index contributed by atoms with van der Waals surface area (Å²) >= 11 is 0. The Morgan fingerprint density at radius 1 is 1.33 bits per heavy atom. The number of ether oxygens (including phenoxy) is 1. The van der Waals surface area contributed by atoms with Gasteiger partial charge in [0.1, 0.15) is 5.75 Å². The Bertz CT molecular complexity index is 386. The molecule has 15 heavy (non-hydrogen) atoms. The summed E-state index contributed by atoms with van der Waals surface area (Å²) in [6.45, 7) is 9.69. The maximum Gasteiger partial charge on any atom is 0.127 e. The quantitative estimate of drug-likeness (QED) is 0.665. The van der Waals surface area contributed by atoms with Crippen LogP contribution in [0.4, 0.5) is 0 Å². The first-order chi connectivity index (χ1) is 7.17. The molecule has 1 heteroatoms. The van der Waals surface area contributed by atoms with E-state index in [9.17, 15) is 0 Å². The van der Waals surface area contributed by atoms with Crippen LogP contribution in [0.25, 0.3) is 5.57 Å². The van der Waals surface area contributed by atoms with Gasteiger partial charge in [-0.1, -0.05) is 18.2 Å². The fraction of sp³-hybridized carbons (Fsp3) is 0.214. The molecule has 0 bridgehead atoms. The van der Waals surface area contributed by atoms with Crippen molar-refractivity contribution in [2.24, 2.45) is 0 Å². The van der Waals surface area contributed by atoms with Crippen LogP contribution in [0, 0.1) is 6.92 Å². The Morgan fingerprint density at radius 3 is 2.67 bits per heavy atom. The third kappa shape index (κ3) is 3.28. The third-order valence-electron chi connectivity index (χ3n) is 2.28. The molecule has 79 valence electrons. The van der Waals surface area contributed by atoms with Gasteiger partial charge in [0.2, 0.25) is 0 Å². The van der Waals surface area contributed by atoms with Crippen molar-refractivity contribution < 1.29 is 4.74 Å². The summed E-state index contributed by atoms with van der Waals surface area (Å²) in [6.07, 6.45) is 3.79. The Hall–Kier alpha value is -1.50. The van der Waals surface area contributed by atoms with E-state index < -0.39 is 0 Å². The molecule has 0 spiro atoms. The molecular weight excluding hydrogens is 184 g/mol. The third-order valence-corrected chi connectivity index (χ3v) is 2.28. The molecule has 0 heterocycles. The van der Waals surface area contributed by atoms with E-state index >= 15 is 0 Å². The highest BCUT2D eigenvalue weighted by Crippen LogP contribution is 2.21. The fourth-order valence-corrected chi connectivity index (χ4v) is 1.17. The first-order valence-corrected chi connectivity index (χ1v) is 5.04. The monoisotopic (exact) mass is 201 g/mol. The zero-order chi connectivity index (χ0) is 11.3. The van der Waals surface area contributed by atoms with Gasteiger partial charge in [0.05, 0.1) is 5.76 Å². The maximum absolute atomic E-state index is 5.61. The van der Waals surface area contributed by atoms with Gasteiger partial charge in [-0.15, -0.1) is 0 Å². The molecule has 1 aromatic rings. The van der Waals surface area contributed by atoms with Gasteiger partial charge in [-0.3, -0.25) is 0 Å². The van der Waals surface area contributed by atoms with Crippen LogP contribution >= 0.6 is 0 Å². The van der Waals surface area contributed by atoms with E-state index in [4.69, 9.17) is 4.74 Å². The van der Waals surface area contributed by atoms with Crippen LogP contribution in [0.2, 0.25) is 0 Å². The average Bonchev–Trinajstić information content (AvgIpc) is 2.28. The summed E-state index contributed by atoms with van der Waals surface area (Å²) in [5.74, 6) is 1.77. The number of hydrogen-bond acceptors (Lipinski definition) is 1. The van der Waals surface area contributed by atoms with E-state index in [1.54, 1.807) is 0 Å². The second-order valence-corrected chi connectivity index (χ2v) is 3.42. The number of hydrogen-bond donors (Lipinski definition) is 0. The van der Waals surface area contributed by atoms with Crippen molar-refractivity contribution in [3.63, 3.8) is 0 Å². The van der Waals surface area contributed by atoms with Crippen LogP contribution in [0.1, 0.15) is 26.3 Å². The van der Waals surface area contributed by atoms with E-state index in [0.29, 0.717) is 0 Å². The number of rotatable bonds is 3. The second kappa shape index (κ2) is 5.40. The molecule has 0 aromatic heterocycles. The summed E-state index contributed by atoms with van der Waals surface area (Å²) in [5.41, 5.74) is 2.30. The molecule has 0 amide bonds. The molecule has 0 aliphatic rings. The first-order valence-electron chi connectivity index (χ1n) is 5.04. The molecule has 0 aliphatic heterocycles. The van der Waals surface area contributed by atoms with Crippen LogP contribution < -0.4 is 4.74 Å². The SMILES string of the molecule is [CH2]C=C(C)c1cccc(OC(C)=CC)c1. The van der Waals surface area contributed by atoms with Gasteiger partial charge in [0.15, 0.2) is 0 Å². The molecule has 1 radical (unpaired) electrons. The largest absolute Gasteiger partial charge is 0.462 e. The van der Waals surface area contributed by atoms with Crippen molar-refractivity contribution in [2.45, 2.75) is 20.8 Å². The zero-order valence-corrected chi connectivity index (χ0v) is 9.58. The fourth-order valence-electron chi connectivity index (χ4n) is 1.17. The van der Waals surface area contributed by atoms with Crippen molar-refractivity contribution in [2.75, 3.05) is 0 Å². The smallest absolute Gasteiger partial charge is 0.127 e. The molecule has 1 nitrogen and oxygen atoms in total. The molecule has 0 N–H and O–H groups in total. The normalized spacial score (nSPS) is 12.8. The van der Waals surface area contributed by atoms with Crippen molar-refractivity contribution in [1.29, 1.82) is 0 Å². The van der Waals surface area contributed by atoms with Crippen molar-refractivity contribution in [3.8, 4) is 5.75 Å². The maximum atomic E-state index is 5.61. The van der Waals surface area contributed by atoms with E-state index in [1.165, 1.54) is 0 Å². The zero-order valence-electron chi connectivity index (χ0n) is 9.58. The molecular formula is C14H17O. The van der Waals surface area contributed by atoms with Gasteiger partial charge in [-0.05, 0) is 57.0 Å². The second-order valence-electron chi connectivity index (χ2n) is 3.42. The predicted octanol–water partition coefficient (Wildman–Crippen LogP) is 4.23. The highest BCUT2D eigenvalue weighted by atomic mass is 16.5. The molecule has 0 atom stereocenters. The minimum atomic E-state index is 0.865. The van der Waals surface area contributed by atoms with Crippen LogP contribution in [0.15, 0.2) is 42.2 Å². The van der Waals surface area contributed by atoms with Gasteiger partial charge in [0, 0.05) is 0 Å². The minimum Gasteiger partial charge on any atom is -0.462 e. The van der Waals surface area contributed by atoms with Crippen molar-refractivity contribution >= 4 is 5.57 Å². The van der Waals surface area contributed by atoms with Crippen LogP contribution in [-0.4, -0.2) is 0 Å². The number of benzene rings is 1. The van der Waals surface area contributed by atoms with Gasteiger partial charge in [-0.2, -0.15) is 0 Å². The lowest BCUT2D eigenvalue weighted by molar-refractivity contribution is 0.426. The Labute approximate surface area is 92.1 Å². The summed E-state index contributed by atoms with van der Waals surface area (Å²) in [7, 11) is 0. The summed E-state index contributed by atoms with van der Waals surface area (Å²) in [4.78, 5) is 0. The summed E-state index contributed by atoms with van der Waals surface area (Å²) < 4.78 is 5.61. The lowest BCUT2D eigenvalue weighted by Gasteiger charge is -2.07. The van der Waals surface area contributed by atoms with Gasteiger partial charge >= 0.3 is 0 Å². The Morgan fingerprint density at radius 2 is 2.07 bits per heavy atom. The van der Waals surface area contributed by atoms with Crippen molar-refractivity contribution in [3.05, 3.63) is 54.7 Å². The Balaban J connectivity index is 2.93. The molecule has 0 saturated heterocycles. The molecule has 1 rings (SSSR count). The molecule has 1 aromatic carbocycles. The highest BCUT2D eigenvalue weighted by Gasteiger charge is 1.98. The molecule has 0 unspecified atom stereocenters. The average molecular weight is 201 g/mol. The first kappa shape index (κ1) is 11.6. The standard InChI is InChI=1S/C14H17O/c1-5-11(3)13-8-7-9-14(10-13)15-12(4)6-2/h5-10H,1H2,2-4H3. The topological polar surface area (TPSA) is 9.23 Å². The van der Waals surface area contributed by atoms with Gasteiger partial charge < -0.3 is 4.74 Å². The number of allylic oxidation sites excluding steroid dienone is 4. The van der Waals surface area contributed by atoms with E-state index in [1.807, 2.05) is 51.1 Å². The summed E-state index contributed by atoms with van der Waals surface area (Å²) in [6, 6.07) is 8.01. The molecule has 0 saturated carbocycles. The highest BCUT2D eigenvalue weighted by molar-refractivity contribution is 5.65. The summed E-state index contributed by atoms with van der Waals surface area (Å²) in [5, 5.41) is 0. The van der Waals surface area contributed by atoms with E-state index in [2.05, 4.69) is 13.0 Å².